The normalized spacial score (nSPS) is 14.1. The summed E-state index contributed by atoms with van der Waals surface area (Å²) in [6.45, 7) is 3.89. The fourth-order valence-corrected chi connectivity index (χ4v) is 2.97. The summed E-state index contributed by atoms with van der Waals surface area (Å²) < 4.78 is 5.35. The number of hydrogen-bond donors (Lipinski definition) is 3. The summed E-state index contributed by atoms with van der Waals surface area (Å²) in [7, 11) is 0. The van der Waals surface area contributed by atoms with Crippen molar-refractivity contribution in [1.82, 2.24) is 31.0 Å². The SMILES string of the molecule is CC(CNC(=O)c1n[nH]c2c1CNCC2)c1nc(-c2ccccc2)no1.Cl. The van der Waals surface area contributed by atoms with Crippen LogP contribution in [0.2, 0.25) is 0 Å². The van der Waals surface area contributed by atoms with Gasteiger partial charge in [-0.25, -0.2) is 0 Å². The van der Waals surface area contributed by atoms with E-state index < -0.39 is 0 Å². The van der Waals surface area contributed by atoms with Gasteiger partial charge in [-0.05, 0) is 0 Å². The lowest BCUT2D eigenvalue weighted by molar-refractivity contribution is 0.0944. The lowest BCUT2D eigenvalue weighted by Crippen LogP contribution is -2.30. The Kier molecular flexibility index (Phi) is 5.88. The Morgan fingerprint density at radius 1 is 1.33 bits per heavy atom. The van der Waals surface area contributed by atoms with Gasteiger partial charge in [-0.1, -0.05) is 42.4 Å². The third-order valence-electron chi connectivity index (χ3n) is 4.49. The molecule has 3 heterocycles. The third-order valence-corrected chi connectivity index (χ3v) is 4.49. The number of carbonyl (C=O) groups is 1. The average molecular weight is 389 g/mol. The van der Waals surface area contributed by atoms with Gasteiger partial charge in [0.1, 0.15) is 0 Å². The van der Waals surface area contributed by atoms with Crippen molar-refractivity contribution in [1.29, 1.82) is 0 Å². The Morgan fingerprint density at radius 3 is 2.96 bits per heavy atom. The second-order valence-electron chi connectivity index (χ2n) is 6.39. The van der Waals surface area contributed by atoms with Gasteiger partial charge >= 0.3 is 0 Å². The summed E-state index contributed by atoms with van der Waals surface area (Å²) in [6, 6.07) is 9.64. The predicted molar refractivity (Wildman–Crippen MR) is 102 cm³/mol. The summed E-state index contributed by atoms with van der Waals surface area (Å²) in [4.78, 5) is 16.9. The molecule has 0 spiro atoms. The minimum absolute atomic E-state index is 0. The van der Waals surface area contributed by atoms with Crippen LogP contribution in [0.15, 0.2) is 34.9 Å². The van der Waals surface area contributed by atoms with Crippen LogP contribution in [-0.4, -0.2) is 39.3 Å². The minimum atomic E-state index is -0.194. The molecule has 1 atom stereocenters. The summed E-state index contributed by atoms with van der Waals surface area (Å²) in [5.41, 5.74) is 3.33. The van der Waals surface area contributed by atoms with E-state index in [0.29, 0.717) is 30.5 Å². The summed E-state index contributed by atoms with van der Waals surface area (Å²) >= 11 is 0. The van der Waals surface area contributed by atoms with Crippen molar-refractivity contribution in [3.05, 3.63) is 53.2 Å². The van der Waals surface area contributed by atoms with Crippen molar-refractivity contribution in [3.8, 4) is 11.4 Å². The van der Waals surface area contributed by atoms with Gasteiger partial charge < -0.3 is 15.2 Å². The molecule has 3 aromatic rings. The number of hydrogen-bond acceptors (Lipinski definition) is 6. The lowest BCUT2D eigenvalue weighted by Gasteiger charge is -2.13. The van der Waals surface area contributed by atoms with Crippen LogP contribution in [0.1, 0.15) is 40.5 Å². The van der Waals surface area contributed by atoms with E-state index in [9.17, 15) is 4.79 Å². The van der Waals surface area contributed by atoms with E-state index in [2.05, 4.69) is 31.0 Å². The smallest absolute Gasteiger partial charge is 0.272 e. The molecule has 0 saturated heterocycles. The molecule has 4 rings (SSSR count). The molecular weight excluding hydrogens is 368 g/mol. The Labute approximate surface area is 162 Å². The van der Waals surface area contributed by atoms with Crippen molar-refractivity contribution in [2.75, 3.05) is 13.1 Å². The van der Waals surface area contributed by atoms with Crippen LogP contribution in [0, 0.1) is 0 Å². The van der Waals surface area contributed by atoms with Gasteiger partial charge in [-0.2, -0.15) is 10.1 Å². The molecular formula is C18H21ClN6O2. The Balaban J connectivity index is 0.00000210. The zero-order valence-electron chi connectivity index (χ0n) is 14.9. The fraction of sp³-hybridized carbons (Fsp3) is 0.333. The molecule has 27 heavy (non-hydrogen) atoms. The van der Waals surface area contributed by atoms with Gasteiger partial charge in [0, 0.05) is 42.9 Å². The number of nitrogens with zero attached hydrogens (tertiary/aromatic N) is 3. The number of amides is 1. The van der Waals surface area contributed by atoms with Crippen LogP contribution in [0.3, 0.4) is 0 Å². The number of halogens is 1. The van der Waals surface area contributed by atoms with Gasteiger partial charge in [0.25, 0.3) is 5.91 Å². The Hall–Kier alpha value is -2.71. The van der Waals surface area contributed by atoms with Gasteiger partial charge in [-0.15, -0.1) is 12.4 Å². The van der Waals surface area contributed by atoms with Crippen molar-refractivity contribution in [3.63, 3.8) is 0 Å². The van der Waals surface area contributed by atoms with E-state index in [1.165, 1.54) is 0 Å². The largest absolute Gasteiger partial charge is 0.350 e. The van der Waals surface area contributed by atoms with Crippen molar-refractivity contribution in [2.24, 2.45) is 0 Å². The number of benzene rings is 1. The molecule has 0 fully saturated rings. The van der Waals surface area contributed by atoms with Gasteiger partial charge in [0.15, 0.2) is 5.69 Å². The highest BCUT2D eigenvalue weighted by molar-refractivity contribution is 5.94. The molecule has 0 bridgehead atoms. The third kappa shape index (κ3) is 4.01. The highest BCUT2D eigenvalue weighted by Crippen LogP contribution is 2.19. The highest BCUT2D eigenvalue weighted by atomic mass is 35.5. The quantitative estimate of drug-likeness (QED) is 0.617. The molecule has 3 N–H and O–H groups in total. The van der Waals surface area contributed by atoms with E-state index in [-0.39, 0.29) is 24.2 Å². The Morgan fingerprint density at radius 2 is 2.15 bits per heavy atom. The maximum absolute atomic E-state index is 12.5. The first-order valence-corrected chi connectivity index (χ1v) is 8.66. The van der Waals surface area contributed by atoms with Crippen molar-refractivity contribution < 1.29 is 9.32 Å². The molecule has 1 aliphatic rings. The van der Waals surface area contributed by atoms with Crippen LogP contribution < -0.4 is 10.6 Å². The molecule has 0 radical (unpaired) electrons. The summed E-state index contributed by atoms with van der Waals surface area (Å²) in [6.07, 6.45) is 0.857. The van der Waals surface area contributed by atoms with E-state index in [1.54, 1.807) is 0 Å². The average Bonchev–Trinajstić information content (AvgIpc) is 3.34. The maximum Gasteiger partial charge on any atom is 0.272 e. The fourth-order valence-electron chi connectivity index (χ4n) is 2.97. The zero-order valence-corrected chi connectivity index (χ0v) is 15.7. The Bertz CT molecular complexity index is 908. The first-order valence-electron chi connectivity index (χ1n) is 8.66. The number of carbonyl (C=O) groups excluding carboxylic acids is 1. The number of aromatic amines is 1. The van der Waals surface area contributed by atoms with Crippen molar-refractivity contribution >= 4 is 18.3 Å². The van der Waals surface area contributed by atoms with Gasteiger partial charge in [0.05, 0.1) is 5.92 Å². The molecule has 8 nitrogen and oxygen atoms in total. The van der Waals surface area contributed by atoms with Crippen LogP contribution in [0.25, 0.3) is 11.4 Å². The topological polar surface area (TPSA) is 109 Å². The molecule has 2 aromatic heterocycles. The number of rotatable bonds is 5. The van der Waals surface area contributed by atoms with Crippen molar-refractivity contribution in [2.45, 2.75) is 25.8 Å². The highest BCUT2D eigenvalue weighted by Gasteiger charge is 2.22. The van der Waals surface area contributed by atoms with Crippen LogP contribution in [-0.2, 0) is 13.0 Å². The standard InChI is InChI=1S/C18H20N6O2.ClH/c1-11(18-21-16(24-26-18)12-5-3-2-4-6-12)9-20-17(25)15-13-10-19-8-7-14(13)22-23-15;/h2-6,11,19H,7-10H2,1H3,(H,20,25)(H,22,23);1H. The van der Waals surface area contributed by atoms with Gasteiger partial charge in [-0.3, -0.25) is 9.89 Å². The first kappa shape index (κ1) is 19.1. The first-order chi connectivity index (χ1) is 12.7. The molecule has 1 unspecified atom stereocenters. The molecule has 9 heteroatoms. The summed E-state index contributed by atoms with van der Waals surface area (Å²) in [5.74, 6) is 0.749. The molecule has 1 amide bonds. The molecule has 1 aromatic carbocycles. The molecule has 142 valence electrons. The second-order valence-corrected chi connectivity index (χ2v) is 6.39. The van der Waals surface area contributed by atoms with Crippen LogP contribution in [0.4, 0.5) is 0 Å². The van der Waals surface area contributed by atoms with E-state index >= 15 is 0 Å². The number of nitrogens with one attached hydrogen (secondary N) is 3. The predicted octanol–water partition coefficient (Wildman–Crippen LogP) is 2.06. The van der Waals surface area contributed by atoms with Crippen LogP contribution in [0.5, 0.6) is 0 Å². The molecule has 1 aliphatic heterocycles. The second kappa shape index (κ2) is 8.32. The van der Waals surface area contributed by atoms with Gasteiger partial charge in [0.2, 0.25) is 11.7 Å². The molecule has 0 saturated carbocycles. The zero-order chi connectivity index (χ0) is 17.9. The maximum atomic E-state index is 12.5. The van der Waals surface area contributed by atoms with E-state index in [0.717, 1.165) is 29.8 Å². The number of H-pyrrole nitrogens is 1. The summed E-state index contributed by atoms with van der Waals surface area (Å²) in [5, 5.41) is 17.3. The monoisotopic (exact) mass is 388 g/mol. The number of fused-ring (bicyclic) bond motifs is 1. The minimum Gasteiger partial charge on any atom is -0.350 e. The van der Waals surface area contributed by atoms with Crippen LogP contribution >= 0.6 is 12.4 Å². The number of aromatic nitrogens is 4. The molecule has 0 aliphatic carbocycles. The van der Waals surface area contributed by atoms with E-state index in [1.807, 2.05) is 37.3 Å². The van der Waals surface area contributed by atoms with E-state index in [4.69, 9.17) is 4.52 Å². The lowest BCUT2D eigenvalue weighted by atomic mass is 10.1.